The van der Waals surface area contributed by atoms with Crippen molar-refractivity contribution in [1.29, 1.82) is 0 Å². The van der Waals surface area contributed by atoms with Gasteiger partial charge in [0.15, 0.2) is 0 Å². The zero-order chi connectivity index (χ0) is 16.6. The normalized spacial score (nSPS) is 17.6. The number of carbonyl (C=O) groups excluding carboxylic acids is 1. The van der Waals surface area contributed by atoms with Crippen LogP contribution >= 0.6 is 12.4 Å². The summed E-state index contributed by atoms with van der Waals surface area (Å²) in [5, 5.41) is 3.66. The topological polar surface area (TPSA) is 87.2 Å². The van der Waals surface area contributed by atoms with Crippen LogP contribution in [0.3, 0.4) is 0 Å². The first-order valence-corrected chi connectivity index (χ1v) is 7.81. The van der Waals surface area contributed by atoms with E-state index in [4.69, 9.17) is 0 Å². The van der Waals surface area contributed by atoms with Crippen molar-refractivity contribution >= 4 is 29.2 Å². The Balaban J connectivity index is 0.00000208. The number of halogens is 1. The minimum absolute atomic E-state index is 0. The molecule has 24 heavy (non-hydrogen) atoms. The van der Waals surface area contributed by atoms with Gasteiger partial charge in [0, 0.05) is 37.8 Å². The zero-order valence-corrected chi connectivity index (χ0v) is 14.5. The van der Waals surface area contributed by atoms with E-state index in [1.165, 1.54) is 0 Å². The van der Waals surface area contributed by atoms with Gasteiger partial charge < -0.3 is 15.2 Å². The Labute approximate surface area is 145 Å². The van der Waals surface area contributed by atoms with Gasteiger partial charge in [-0.25, -0.2) is 4.79 Å². The van der Waals surface area contributed by atoms with Gasteiger partial charge in [0.25, 0.3) is 11.5 Å². The van der Waals surface area contributed by atoms with E-state index in [1.807, 2.05) is 11.8 Å². The molecule has 1 fully saturated rings. The van der Waals surface area contributed by atoms with Crippen LogP contribution in [0, 0.1) is 0 Å². The van der Waals surface area contributed by atoms with Gasteiger partial charge in [-0.1, -0.05) is 0 Å². The number of hydrogen-bond acceptors (Lipinski definition) is 4. The summed E-state index contributed by atoms with van der Waals surface area (Å²) in [6, 6.07) is 4.97. The molecule has 0 bridgehead atoms. The number of fused-ring (bicyclic) bond motifs is 1. The summed E-state index contributed by atoms with van der Waals surface area (Å²) in [5.41, 5.74) is 0.0971. The third-order valence-electron chi connectivity index (χ3n) is 4.31. The lowest BCUT2D eigenvalue weighted by atomic mass is 10.1. The lowest BCUT2D eigenvalue weighted by molar-refractivity contribution is 0.0656. The molecule has 3 rings (SSSR count). The molecular weight excluding hydrogens is 332 g/mol. The Bertz CT molecular complexity index is 874. The fraction of sp³-hybridized carbons (Fsp3) is 0.438. The molecular formula is C16H21ClN4O3. The number of rotatable bonds is 2. The van der Waals surface area contributed by atoms with Crippen molar-refractivity contribution in [3.05, 3.63) is 44.6 Å². The van der Waals surface area contributed by atoms with E-state index in [0.717, 1.165) is 17.7 Å². The minimum atomic E-state index is -0.454. The number of carbonyl (C=O) groups is 1. The van der Waals surface area contributed by atoms with Gasteiger partial charge >= 0.3 is 5.69 Å². The van der Waals surface area contributed by atoms with Crippen LogP contribution < -0.4 is 16.6 Å². The summed E-state index contributed by atoms with van der Waals surface area (Å²) in [7, 11) is 0. The number of hydrogen-bond donors (Lipinski definition) is 2. The van der Waals surface area contributed by atoms with Gasteiger partial charge in [0.2, 0.25) is 0 Å². The molecule has 1 aromatic heterocycles. The largest absolute Gasteiger partial charge is 0.333 e. The Morgan fingerprint density at radius 3 is 2.75 bits per heavy atom. The van der Waals surface area contributed by atoms with Gasteiger partial charge in [-0.15, -0.1) is 12.4 Å². The molecule has 0 radical (unpaired) electrons. The third kappa shape index (κ3) is 3.09. The van der Waals surface area contributed by atoms with E-state index in [1.54, 1.807) is 25.1 Å². The van der Waals surface area contributed by atoms with Crippen molar-refractivity contribution in [3.8, 4) is 0 Å². The molecule has 0 spiro atoms. The van der Waals surface area contributed by atoms with Crippen molar-refractivity contribution in [2.24, 2.45) is 0 Å². The van der Waals surface area contributed by atoms with Crippen molar-refractivity contribution in [3.63, 3.8) is 0 Å². The number of piperazine rings is 1. The number of nitrogens with one attached hydrogen (secondary N) is 2. The molecule has 8 heteroatoms. The third-order valence-corrected chi connectivity index (χ3v) is 4.31. The lowest BCUT2D eigenvalue weighted by Crippen LogP contribution is -2.52. The Kier molecular flexibility index (Phi) is 5.46. The van der Waals surface area contributed by atoms with Crippen LogP contribution in [0.2, 0.25) is 0 Å². The molecule has 2 N–H and O–H groups in total. The number of aromatic nitrogens is 2. The van der Waals surface area contributed by atoms with Crippen LogP contribution in [-0.2, 0) is 6.54 Å². The lowest BCUT2D eigenvalue weighted by Gasteiger charge is -2.34. The predicted octanol–water partition coefficient (Wildman–Crippen LogP) is 0.565. The highest BCUT2D eigenvalue weighted by atomic mass is 35.5. The molecule has 1 aliphatic rings. The molecule has 2 heterocycles. The summed E-state index contributed by atoms with van der Waals surface area (Å²) in [6.07, 6.45) is 0. The summed E-state index contributed by atoms with van der Waals surface area (Å²) in [6.45, 7) is 6.22. The minimum Gasteiger partial charge on any atom is -0.333 e. The maximum absolute atomic E-state index is 12.7. The van der Waals surface area contributed by atoms with Crippen molar-refractivity contribution in [1.82, 2.24) is 19.8 Å². The molecule has 1 saturated heterocycles. The van der Waals surface area contributed by atoms with Gasteiger partial charge in [-0.2, -0.15) is 0 Å². The Hall–Kier alpha value is -2.12. The SMILES string of the molecule is CCn1c(=O)[nH]c2cc(C(=O)N3CCNC[C@@H]3C)ccc2c1=O.Cl. The molecule has 1 aliphatic heterocycles. The van der Waals surface area contributed by atoms with E-state index >= 15 is 0 Å². The average molecular weight is 353 g/mol. The molecule has 0 aliphatic carbocycles. The zero-order valence-electron chi connectivity index (χ0n) is 13.7. The van der Waals surface area contributed by atoms with Gasteiger partial charge in [0.1, 0.15) is 0 Å². The highest BCUT2D eigenvalue weighted by Gasteiger charge is 2.24. The predicted molar refractivity (Wildman–Crippen MR) is 95.1 cm³/mol. The second-order valence-electron chi connectivity index (χ2n) is 5.79. The van der Waals surface area contributed by atoms with E-state index in [2.05, 4.69) is 10.3 Å². The van der Waals surface area contributed by atoms with Crippen molar-refractivity contribution in [2.75, 3.05) is 19.6 Å². The monoisotopic (exact) mass is 352 g/mol. The first-order chi connectivity index (χ1) is 11.0. The number of amides is 1. The smallest absolute Gasteiger partial charge is 0.328 e. The second kappa shape index (κ2) is 7.19. The molecule has 1 aromatic carbocycles. The molecule has 0 unspecified atom stereocenters. The fourth-order valence-corrected chi connectivity index (χ4v) is 2.98. The van der Waals surface area contributed by atoms with Crippen LogP contribution in [0.25, 0.3) is 10.9 Å². The Morgan fingerprint density at radius 1 is 1.33 bits per heavy atom. The van der Waals surface area contributed by atoms with Crippen molar-refractivity contribution < 1.29 is 4.79 Å². The standard InChI is InChI=1S/C16H20N4O3.ClH/c1-3-19-15(22)12-5-4-11(8-13(12)18-16(19)23)14(21)20-7-6-17-9-10(20)2;/h4-5,8,10,17H,3,6-7,9H2,1-2H3,(H,18,23);1H/t10-;/m0./s1. The summed E-state index contributed by atoms with van der Waals surface area (Å²) < 4.78 is 1.14. The highest BCUT2D eigenvalue weighted by Crippen LogP contribution is 2.14. The highest BCUT2D eigenvalue weighted by molar-refractivity contribution is 5.97. The van der Waals surface area contributed by atoms with Crippen LogP contribution in [0.15, 0.2) is 27.8 Å². The van der Waals surface area contributed by atoms with E-state index < -0.39 is 5.69 Å². The average Bonchev–Trinajstić information content (AvgIpc) is 2.54. The number of aromatic amines is 1. The van der Waals surface area contributed by atoms with Crippen LogP contribution in [0.4, 0.5) is 0 Å². The van der Waals surface area contributed by atoms with Crippen LogP contribution in [-0.4, -0.2) is 46.0 Å². The number of benzene rings is 1. The molecule has 7 nitrogen and oxygen atoms in total. The van der Waals surface area contributed by atoms with Gasteiger partial charge in [-0.3, -0.25) is 14.2 Å². The van der Waals surface area contributed by atoms with E-state index in [0.29, 0.717) is 29.6 Å². The maximum atomic E-state index is 12.7. The summed E-state index contributed by atoms with van der Waals surface area (Å²) in [5.74, 6) is -0.0820. The molecule has 0 saturated carbocycles. The summed E-state index contributed by atoms with van der Waals surface area (Å²) >= 11 is 0. The van der Waals surface area contributed by atoms with Gasteiger partial charge in [0.05, 0.1) is 10.9 Å². The molecule has 1 atom stereocenters. The number of nitrogens with zero attached hydrogens (tertiary/aromatic N) is 2. The molecule has 1 amide bonds. The number of H-pyrrole nitrogens is 1. The Morgan fingerprint density at radius 2 is 2.08 bits per heavy atom. The van der Waals surface area contributed by atoms with Crippen molar-refractivity contribution in [2.45, 2.75) is 26.4 Å². The fourth-order valence-electron chi connectivity index (χ4n) is 2.98. The first-order valence-electron chi connectivity index (χ1n) is 7.81. The quantitative estimate of drug-likeness (QED) is 0.827. The van der Waals surface area contributed by atoms with Crippen LogP contribution in [0.1, 0.15) is 24.2 Å². The van der Waals surface area contributed by atoms with E-state index in [9.17, 15) is 14.4 Å². The first kappa shape index (κ1) is 18.2. The molecule has 2 aromatic rings. The van der Waals surface area contributed by atoms with E-state index in [-0.39, 0.29) is 29.9 Å². The van der Waals surface area contributed by atoms with Crippen LogP contribution in [0.5, 0.6) is 0 Å². The second-order valence-corrected chi connectivity index (χ2v) is 5.79. The maximum Gasteiger partial charge on any atom is 0.328 e. The summed E-state index contributed by atoms with van der Waals surface area (Å²) in [4.78, 5) is 41.3. The van der Waals surface area contributed by atoms with Gasteiger partial charge in [-0.05, 0) is 32.0 Å². The molecule has 130 valence electrons.